The molecule has 0 spiro atoms. The lowest BCUT2D eigenvalue weighted by Gasteiger charge is -2.43. The molecule has 44 heavy (non-hydrogen) atoms. The molecule has 3 aliphatic rings. The largest absolute Gasteiger partial charge is 0.490 e. The Morgan fingerprint density at radius 1 is 1.02 bits per heavy atom. The molecule has 6 heteroatoms. The number of hydrogen-bond donors (Lipinski definition) is 2. The predicted octanol–water partition coefficient (Wildman–Crippen LogP) is 9.16. The van der Waals surface area contributed by atoms with Gasteiger partial charge in [0.1, 0.15) is 17.6 Å². The third-order valence-electron chi connectivity index (χ3n) is 10.5. The number of carboxylic acid groups (broad SMARTS) is 1. The highest BCUT2D eigenvalue weighted by Gasteiger charge is 2.41. The number of aromatic nitrogens is 1. The summed E-state index contributed by atoms with van der Waals surface area (Å²) in [5.41, 5.74) is 3.50. The molecule has 1 aliphatic carbocycles. The number of likely N-dealkylation sites (tertiary alicyclic amines) is 1. The maximum Gasteiger partial charge on any atom is 0.325 e. The van der Waals surface area contributed by atoms with Gasteiger partial charge >= 0.3 is 5.97 Å². The van der Waals surface area contributed by atoms with Crippen molar-refractivity contribution in [1.29, 1.82) is 0 Å². The van der Waals surface area contributed by atoms with Gasteiger partial charge in [-0.25, -0.2) is 4.98 Å². The summed E-state index contributed by atoms with van der Waals surface area (Å²) in [6.45, 7) is 8.58. The Kier molecular flexibility index (Phi) is 12.0. The molecule has 4 unspecified atom stereocenters. The van der Waals surface area contributed by atoms with E-state index in [9.17, 15) is 9.90 Å². The van der Waals surface area contributed by atoms with E-state index in [1.54, 1.807) is 0 Å². The second-order valence-corrected chi connectivity index (χ2v) is 14.1. The zero-order valence-corrected chi connectivity index (χ0v) is 27.6. The van der Waals surface area contributed by atoms with Gasteiger partial charge in [0.15, 0.2) is 0 Å². The molecular weight excluding hydrogens is 546 g/mol. The average molecular weight is 604 g/mol. The van der Waals surface area contributed by atoms with Crippen LogP contribution >= 0.6 is 0 Å². The number of nitrogens with one attached hydrogen (secondary N) is 1. The van der Waals surface area contributed by atoms with E-state index in [4.69, 9.17) is 4.74 Å². The Morgan fingerprint density at radius 2 is 1.82 bits per heavy atom. The van der Waals surface area contributed by atoms with Crippen LogP contribution in [0.15, 0.2) is 36.5 Å². The van der Waals surface area contributed by atoms with Crippen molar-refractivity contribution in [2.75, 3.05) is 18.4 Å². The number of carbonyl (C=O) groups is 1. The number of anilines is 1. The molecule has 0 amide bonds. The lowest BCUT2D eigenvalue weighted by atomic mass is 9.87. The van der Waals surface area contributed by atoms with Crippen molar-refractivity contribution < 1.29 is 14.6 Å². The maximum absolute atomic E-state index is 12.7. The monoisotopic (exact) mass is 603 g/mol. The molecule has 2 N–H and O–H groups in total. The first-order valence-electron chi connectivity index (χ1n) is 17.9. The van der Waals surface area contributed by atoms with Crippen LogP contribution in [0.25, 0.3) is 0 Å². The van der Waals surface area contributed by atoms with Gasteiger partial charge in [0, 0.05) is 30.9 Å². The molecule has 1 aromatic heterocycles. The molecule has 0 radical (unpaired) electrons. The van der Waals surface area contributed by atoms with Crippen LogP contribution in [0.1, 0.15) is 139 Å². The fourth-order valence-corrected chi connectivity index (χ4v) is 7.40. The van der Waals surface area contributed by atoms with Crippen molar-refractivity contribution in [3.63, 3.8) is 0 Å². The molecular formula is C38H57N3O3. The Balaban J connectivity index is 1.09. The minimum atomic E-state index is -0.724. The second-order valence-electron chi connectivity index (χ2n) is 14.1. The molecule has 0 bridgehead atoms. The van der Waals surface area contributed by atoms with Gasteiger partial charge in [-0.05, 0) is 98.8 Å². The number of benzene rings is 1. The quantitative estimate of drug-likeness (QED) is 0.156. The van der Waals surface area contributed by atoms with Crippen LogP contribution in [0.2, 0.25) is 0 Å². The standard InChI is InChI=1S/C38H57N3O3/c1-4-12-32(23-18-27(3)5-2)44-34-17-10-16-33(35(34)29-19-20-29)36(38(42)43)41-25-28(26-41)13-8-6-7-9-15-31-22-21-30-14-11-24-39-37(30)40-31/h10-11,14,16-17,24,27-29,31-32,36H,4-9,12-13,15,18-23,25-26H2,1-3H3,(H,39,40)(H,42,43). The summed E-state index contributed by atoms with van der Waals surface area (Å²) in [4.78, 5) is 19.4. The van der Waals surface area contributed by atoms with E-state index in [2.05, 4.69) is 54.2 Å². The zero-order chi connectivity index (χ0) is 30.9. The van der Waals surface area contributed by atoms with Crippen LogP contribution in [-0.4, -0.2) is 46.2 Å². The number of aryl methyl sites for hydroxylation is 1. The smallest absolute Gasteiger partial charge is 0.325 e. The van der Waals surface area contributed by atoms with E-state index in [-0.39, 0.29) is 6.10 Å². The first-order valence-corrected chi connectivity index (χ1v) is 17.9. The van der Waals surface area contributed by atoms with Crippen LogP contribution in [-0.2, 0) is 11.2 Å². The highest BCUT2D eigenvalue weighted by molar-refractivity contribution is 5.77. The van der Waals surface area contributed by atoms with E-state index in [0.717, 1.165) is 68.7 Å². The lowest BCUT2D eigenvalue weighted by Crippen LogP contribution is -2.50. The minimum Gasteiger partial charge on any atom is -0.490 e. The van der Waals surface area contributed by atoms with Gasteiger partial charge in [-0.3, -0.25) is 9.69 Å². The Labute approximate surface area is 266 Å². The third kappa shape index (κ3) is 8.77. The molecule has 1 saturated heterocycles. The highest BCUT2D eigenvalue weighted by Crippen LogP contribution is 2.49. The molecule has 4 atom stereocenters. The SMILES string of the molecule is CCCC(CCC(C)CC)Oc1cccc(C(C(=O)O)N2CC(CCCCCCC3CCc4cccnc4N3)C2)c1C1CC1. The van der Waals surface area contributed by atoms with Gasteiger partial charge in [-0.2, -0.15) is 0 Å². The van der Waals surface area contributed by atoms with Crippen molar-refractivity contribution in [3.8, 4) is 5.75 Å². The van der Waals surface area contributed by atoms with E-state index in [1.165, 1.54) is 68.9 Å². The lowest BCUT2D eigenvalue weighted by molar-refractivity contribution is -0.146. The number of hydrogen-bond acceptors (Lipinski definition) is 5. The predicted molar refractivity (Wildman–Crippen MR) is 180 cm³/mol. The number of carboxylic acids is 1. The van der Waals surface area contributed by atoms with E-state index in [1.807, 2.05) is 18.3 Å². The molecule has 6 nitrogen and oxygen atoms in total. The van der Waals surface area contributed by atoms with Crippen molar-refractivity contribution in [2.24, 2.45) is 11.8 Å². The first kappa shape index (κ1) is 32.8. The summed E-state index contributed by atoms with van der Waals surface area (Å²) < 4.78 is 6.73. The van der Waals surface area contributed by atoms with E-state index < -0.39 is 12.0 Å². The summed E-state index contributed by atoms with van der Waals surface area (Å²) in [6, 6.07) is 10.4. The second kappa shape index (κ2) is 16.1. The fourth-order valence-electron chi connectivity index (χ4n) is 7.40. The molecule has 2 fully saturated rings. The van der Waals surface area contributed by atoms with Crippen LogP contribution in [0.3, 0.4) is 0 Å². The van der Waals surface area contributed by atoms with Crippen molar-refractivity contribution in [2.45, 2.75) is 141 Å². The van der Waals surface area contributed by atoms with Crippen molar-refractivity contribution in [1.82, 2.24) is 9.88 Å². The van der Waals surface area contributed by atoms with Gasteiger partial charge in [0.2, 0.25) is 0 Å². The van der Waals surface area contributed by atoms with Crippen LogP contribution in [0.4, 0.5) is 5.82 Å². The number of pyridine rings is 1. The fraction of sp³-hybridized carbons (Fsp3) is 0.684. The van der Waals surface area contributed by atoms with Crippen molar-refractivity contribution >= 4 is 11.8 Å². The van der Waals surface area contributed by atoms with Crippen molar-refractivity contribution in [3.05, 3.63) is 53.2 Å². The Bertz CT molecular complexity index is 1190. The number of aliphatic carboxylic acids is 1. The zero-order valence-electron chi connectivity index (χ0n) is 27.6. The summed E-state index contributed by atoms with van der Waals surface area (Å²) in [7, 11) is 0. The normalized spacial score (nSPS) is 20.7. The molecule has 242 valence electrons. The van der Waals surface area contributed by atoms with Crippen LogP contribution in [0.5, 0.6) is 5.75 Å². The first-order chi connectivity index (χ1) is 21.5. The van der Waals surface area contributed by atoms with Crippen LogP contribution in [0, 0.1) is 11.8 Å². The summed E-state index contributed by atoms with van der Waals surface area (Å²) in [6.07, 6.45) is 19.7. The van der Waals surface area contributed by atoms with Gasteiger partial charge < -0.3 is 15.2 Å². The Morgan fingerprint density at radius 3 is 2.55 bits per heavy atom. The minimum absolute atomic E-state index is 0.200. The molecule has 1 saturated carbocycles. The summed E-state index contributed by atoms with van der Waals surface area (Å²) in [5.74, 6) is 3.06. The van der Waals surface area contributed by atoms with Gasteiger partial charge in [-0.1, -0.05) is 77.5 Å². The number of fused-ring (bicyclic) bond motifs is 1. The summed E-state index contributed by atoms with van der Waals surface area (Å²) >= 11 is 0. The van der Waals surface area contributed by atoms with Gasteiger partial charge in [0.05, 0.1) is 6.10 Å². The molecule has 5 rings (SSSR count). The highest BCUT2D eigenvalue weighted by atomic mass is 16.5. The maximum atomic E-state index is 12.7. The van der Waals surface area contributed by atoms with E-state index >= 15 is 0 Å². The van der Waals surface area contributed by atoms with Gasteiger partial charge in [-0.15, -0.1) is 0 Å². The van der Waals surface area contributed by atoms with Crippen LogP contribution < -0.4 is 10.1 Å². The molecule has 2 aromatic rings. The number of unbranched alkanes of at least 4 members (excludes halogenated alkanes) is 3. The number of rotatable bonds is 19. The average Bonchev–Trinajstić information content (AvgIpc) is 3.85. The Hall–Kier alpha value is -2.60. The topological polar surface area (TPSA) is 74.7 Å². The summed E-state index contributed by atoms with van der Waals surface area (Å²) in [5, 5.41) is 14.1. The molecule has 2 aliphatic heterocycles. The number of ether oxygens (including phenoxy) is 1. The van der Waals surface area contributed by atoms with E-state index in [0.29, 0.717) is 23.8 Å². The molecule has 3 heterocycles. The third-order valence-corrected chi connectivity index (χ3v) is 10.5. The van der Waals surface area contributed by atoms with Gasteiger partial charge in [0.25, 0.3) is 0 Å². The molecule has 1 aromatic carbocycles. The number of nitrogens with zero attached hydrogens (tertiary/aromatic N) is 2.